The monoisotopic (exact) mass is 360 g/mol. The Kier molecular flexibility index (Phi) is 5.64. The molecular formula is C21H24N6. The summed E-state index contributed by atoms with van der Waals surface area (Å²) in [6.07, 6.45) is 9.70. The molecule has 3 aromatic rings. The molecule has 1 fully saturated rings. The van der Waals surface area contributed by atoms with Crippen molar-refractivity contribution in [3.63, 3.8) is 0 Å². The van der Waals surface area contributed by atoms with Gasteiger partial charge in [0.25, 0.3) is 0 Å². The standard InChI is InChI=1S/C21H24N6/c1-2-5-17(6-3-1)11-23-21-24-12-18(13-25-21)14-27-10-4-7-19(15-27)20-8-9-22-16-26-20/h1-3,5-6,8-9,12-13,16,19H,4,7,10-11,14-15H2,(H,23,24,25)/t19-/m0/s1. The van der Waals surface area contributed by atoms with Crippen molar-refractivity contribution in [2.24, 2.45) is 0 Å². The number of benzene rings is 1. The summed E-state index contributed by atoms with van der Waals surface area (Å²) < 4.78 is 0. The predicted octanol–water partition coefficient (Wildman–Crippen LogP) is 3.26. The van der Waals surface area contributed by atoms with Crippen LogP contribution in [0.2, 0.25) is 0 Å². The Balaban J connectivity index is 1.31. The van der Waals surface area contributed by atoms with E-state index in [1.54, 1.807) is 6.33 Å². The van der Waals surface area contributed by atoms with Gasteiger partial charge in [0.05, 0.1) is 0 Å². The van der Waals surface area contributed by atoms with Crippen molar-refractivity contribution < 1.29 is 0 Å². The number of piperidine rings is 1. The lowest BCUT2D eigenvalue weighted by Crippen LogP contribution is -2.34. The zero-order valence-corrected chi connectivity index (χ0v) is 15.3. The fraction of sp³-hybridized carbons (Fsp3) is 0.333. The summed E-state index contributed by atoms with van der Waals surface area (Å²) in [4.78, 5) is 19.9. The van der Waals surface area contributed by atoms with E-state index in [0.717, 1.165) is 37.4 Å². The van der Waals surface area contributed by atoms with Crippen LogP contribution in [0.15, 0.2) is 61.3 Å². The molecule has 27 heavy (non-hydrogen) atoms. The summed E-state index contributed by atoms with van der Waals surface area (Å²) in [6, 6.07) is 12.3. The van der Waals surface area contributed by atoms with Gasteiger partial charge in [-0.25, -0.2) is 19.9 Å². The number of rotatable bonds is 6. The van der Waals surface area contributed by atoms with Gasteiger partial charge >= 0.3 is 0 Å². The Morgan fingerprint density at radius 1 is 1.00 bits per heavy atom. The number of nitrogens with zero attached hydrogens (tertiary/aromatic N) is 5. The molecule has 6 heteroatoms. The Labute approximate surface area is 159 Å². The molecule has 0 radical (unpaired) electrons. The minimum atomic E-state index is 0.481. The summed E-state index contributed by atoms with van der Waals surface area (Å²) in [7, 11) is 0. The van der Waals surface area contributed by atoms with Gasteiger partial charge in [0.15, 0.2) is 0 Å². The smallest absolute Gasteiger partial charge is 0.222 e. The topological polar surface area (TPSA) is 66.8 Å². The van der Waals surface area contributed by atoms with Crippen LogP contribution in [0.5, 0.6) is 0 Å². The van der Waals surface area contributed by atoms with Gasteiger partial charge in [-0.05, 0) is 31.0 Å². The van der Waals surface area contributed by atoms with E-state index in [4.69, 9.17) is 0 Å². The van der Waals surface area contributed by atoms with Crippen molar-refractivity contribution in [1.29, 1.82) is 0 Å². The number of hydrogen-bond acceptors (Lipinski definition) is 6. The highest BCUT2D eigenvalue weighted by Gasteiger charge is 2.22. The van der Waals surface area contributed by atoms with Crippen molar-refractivity contribution >= 4 is 5.95 Å². The van der Waals surface area contributed by atoms with Crippen LogP contribution in [-0.4, -0.2) is 37.9 Å². The maximum absolute atomic E-state index is 4.47. The largest absolute Gasteiger partial charge is 0.350 e. The van der Waals surface area contributed by atoms with E-state index < -0.39 is 0 Å². The molecule has 1 aliphatic heterocycles. The molecule has 0 unspecified atom stereocenters. The Bertz CT molecular complexity index is 822. The fourth-order valence-electron chi connectivity index (χ4n) is 3.55. The third-order valence-electron chi connectivity index (χ3n) is 4.93. The van der Waals surface area contributed by atoms with Crippen molar-refractivity contribution in [1.82, 2.24) is 24.8 Å². The molecule has 1 N–H and O–H groups in total. The fourth-order valence-corrected chi connectivity index (χ4v) is 3.55. The Morgan fingerprint density at radius 3 is 2.63 bits per heavy atom. The maximum Gasteiger partial charge on any atom is 0.222 e. The first-order chi connectivity index (χ1) is 13.4. The average Bonchev–Trinajstić information content (AvgIpc) is 2.75. The van der Waals surface area contributed by atoms with Gasteiger partial charge < -0.3 is 5.32 Å². The highest BCUT2D eigenvalue weighted by Crippen LogP contribution is 2.25. The summed E-state index contributed by atoms with van der Waals surface area (Å²) in [5.41, 5.74) is 3.50. The molecule has 138 valence electrons. The summed E-state index contributed by atoms with van der Waals surface area (Å²) in [5, 5.41) is 3.27. The van der Waals surface area contributed by atoms with Crippen LogP contribution < -0.4 is 5.32 Å². The van der Waals surface area contributed by atoms with E-state index in [-0.39, 0.29) is 0 Å². The molecule has 0 amide bonds. The molecule has 2 aromatic heterocycles. The minimum Gasteiger partial charge on any atom is -0.350 e. The lowest BCUT2D eigenvalue weighted by Gasteiger charge is -2.32. The highest BCUT2D eigenvalue weighted by molar-refractivity contribution is 5.28. The zero-order chi connectivity index (χ0) is 18.3. The number of anilines is 1. The van der Waals surface area contributed by atoms with E-state index in [0.29, 0.717) is 11.9 Å². The van der Waals surface area contributed by atoms with Crippen molar-refractivity contribution in [3.8, 4) is 0 Å². The van der Waals surface area contributed by atoms with Gasteiger partial charge in [-0.3, -0.25) is 4.90 Å². The molecule has 1 saturated heterocycles. The van der Waals surface area contributed by atoms with Crippen molar-refractivity contribution in [3.05, 3.63) is 78.1 Å². The van der Waals surface area contributed by atoms with Crippen LogP contribution in [0.25, 0.3) is 0 Å². The van der Waals surface area contributed by atoms with Crippen molar-refractivity contribution in [2.75, 3.05) is 18.4 Å². The zero-order valence-electron chi connectivity index (χ0n) is 15.3. The molecule has 3 heterocycles. The van der Waals surface area contributed by atoms with Crippen LogP contribution in [0.4, 0.5) is 5.95 Å². The molecule has 1 aromatic carbocycles. The first-order valence-electron chi connectivity index (χ1n) is 9.44. The molecule has 0 bridgehead atoms. The normalized spacial score (nSPS) is 17.6. The minimum absolute atomic E-state index is 0.481. The maximum atomic E-state index is 4.47. The Morgan fingerprint density at radius 2 is 1.85 bits per heavy atom. The quantitative estimate of drug-likeness (QED) is 0.728. The van der Waals surface area contributed by atoms with E-state index >= 15 is 0 Å². The number of aromatic nitrogens is 4. The highest BCUT2D eigenvalue weighted by atomic mass is 15.1. The molecule has 0 saturated carbocycles. The average molecular weight is 360 g/mol. The van der Waals surface area contributed by atoms with Crippen LogP contribution in [-0.2, 0) is 13.1 Å². The van der Waals surface area contributed by atoms with Gasteiger partial charge in [0, 0.05) is 55.4 Å². The van der Waals surface area contributed by atoms with Crippen LogP contribution >= 0.6 is 0 Å². The Hall–Kier alpha value is -2.86. The van der Waals surface area contributed by atoms with Crippen LogP contribution in [0.3, 0.4) is 0 Å². The van der Waals surface area contributed by atoms with Gasteiger partial charge in [0.2, 0.25) is 5.95 Å². The summed E-state index contributed by atoms with van der Waals surface area (Å²) in [5.74, 6) is 1.15. The summed E-state index contributed by atoms with van der Waals surface area (Å²) in [6.45, 7) is 3.73. The van der Waals surface area contributed by atoms with Gasteiger partial charge in [-0.1, -0.05) is 30.3 Å². The van der Waals surface area contributed by atoms with Gasteiger partial charge in [-0.15, -0.1) is 0 Å². The van der Waals surface area contributed by atoms with E-state index in [1.807, 2.05) is 42.9 Å². The van der Waals surface area contributed by atoms with Gasteiger partial charge in [0.1, 0.15) is 6.33 Å². The van der Waals surface area contributed by atoms with E-state index in [9.17, 15) is 0 Å². The van der Waals surface area contributed by atoms with Crippen molar-refractivity contribution in [2.45, 2.75) is 31.8 Å². The van der Waals surface area contributed by atoms with Crippen LogP contribution in [0, 0.1) is 0 Å². The summed E-state index contributed by atoms with van der Waals surface area (Å²) >= 11 is 0. The van der Waals surface area contributed by atoms with Gasteiger partial charge in [-0.2, -0.15) is 0 Å². The second-order valence-electron chi connectivity index (χ2n) is 6.96. The number of nitrogens with one attached hydrogen (secondary N) is 1. The molecule has 1 atom stereocenters. The molecule has 4 rings (SSSR count). The van der Waals surface area contributed by atoms with Crippen LogP contribution in [0.1, 0.15) is 35.6 Å². The number of likely N-dealkylation sites (tertiary alicyclic amines) is 1. The lowest BCUT2D eigenvalue weighted by atomic mass is 9.94. The second kappa shape index (κ2) is 8.68. The molecule has 1 aliphatic rings. The third-order valence-corrected chi connectivity index (χ3v) is 4.93. The molecular weight excluding hydrogens is 336 g/mol. The first kappa shape index (κ1) is 17.5. The molecule has 0 aliphatic carbocycles. The van der Waals surface area contributed by atoms with E-state index in [2.05, 4.69) is 42.3 Å². The SMILES string of the molecule is c1ccc(CNc2ncc(CN3CCC[C@H](c4ccncn4)C3)cn2)cc1. The first-order valence-corrected chi connectivity index (χ1v) is 9.44. The van der Waals surface area contributed by atoms with E-state index in [1.165, 1.54) is 18.4 Å². The molecule has 6 nitrogen and oxygen atoms in total. The third kappa shape index (κ3) is 4.86. The number of hydrogen-bond donors (Lipinski definition) is 1. The lowest BCUT2D eigenvalue weighted by molar-refractivity contribution is 0.198. The molecule has 0 spiro atoms. The second-order valence-corrected chi connectivity index (χ2v) is 6.96. The predicted molar refractivity (Wildman–Crippen MR) is 105 cm³/mol.